The van der Waals surface area contributed by atoms with E-state index in [4.69, 9.17) is 0 Å². The average molecular weight is 998 g/mol. The molecule has 0 unspecified atom stereocenters. The van der Waals surface area contributed by atoms with Crippen molar-refractivity contribution < 1.29 is 13.2 Å². The number of rotatable bonds is 6. The third-order valence-corrected chi connectivity index (χ3v) is 15.7. The van der Waals surface area contributed by atoms with Crippen LogP contribution in [-0.2, 0) is 6.18 Å². The first-order valence-corrected chi connectivity index (χ1v) is 25.6. The van der Waals surface area contributed by atoms with E-state index in [1.165, 1.54) is 12.1 Å². The SMILES string of the molecule is Cc1cc(C(F)(F)F)ccc1-c1ccc(-n2c3ccccc3c3c2ccc2c4ccccc4n(-c4ccccc4)c23)cc1-c1cc(C#N)ccc1-n1c2ccccc2c2c1ccc1c3ccccc3n(-c3ccccc3)c12. The van der Waals surface area contributed by atoms with Gasteiger partial charge in [-0.1, -0.05) is 133 Å². The number of hydrogen-bond acceptors (Lipinski definition) is 1. The van der Waals surface area contributed by atoms with E-state index < -0.39 is 11.7 Å². The molecule has 364 valence electrons. The lowest BCUT2D eigenvalue weighted by Crippen LogP contribution is -2.05. The number of nitriles is 1. The Kier molecular flexibility index (Phi) is 9.63. The Balaban J connectivity index is 1.05. The maximum absolute atomic E-state index is 14.4. The van der Waals surface area contributed by atoms with Crippen molar-refractivity contribution >= 4 is 87.2 Å². The molecule has 4 heterocycles. The van der Waals surface area contributed by atoms with Crippen molar-refractivity contribution in [3.63, 3.8) is 0 Å². The summed E-state index contributed by atoms with van der Waals surface area (Å²) in [6.07, 6.45) is -4.52. The minimum atomic E-state index is -4.52. The molecule has 15 rings (SSSR count). The second-order valence-corrected chi connectivity index (χ2v) is 19.9. The van der Waals surface area contributed by atoms with E-state index in [9.17, 15) is 18.4 Å². The molecule has 8 heteroatoms. The fourth-order valence-corrected chi connectivity index (χ4v) is 12.5. The molecule has 77 heavy (non-hydrogen) atoms. The number of aryl methyl sites for hydroxylation is 1. The quantitative estimate of drug-likeness (QED) is 0.164. The predicted octanol–water partition coefficient (Wildman–Crippen LogP) is 18.6. The number of benzene rings is 11. The van der Waals surface area contributed by atoms with Gasteiger partial charge >= 0.3 is 6.18 Å². The molecule has 0 aliphatic heterocycles. The number of alkyl halides is 3. The smallest absolute Gasteiger partial charge is 0.309 e. The zero-order valence-corrected chi connectivity index (χ0v) is 41.4. The molecule has 0 fully saturated rings. The van der Waals surface area contributed by atoms with E-state index in [0.717, 1.165) is 127 Å². The van der Waals surface area contributed by atoms with Crippen LogP contribution in [-0.4, -0.2) is 18.3 Å². The van der Waals surface area contributed by atoms with E-state index in [0.29, 0.717) is 16.7 Å². The Hall–Kier alpha value is -10.1. The Morgan fingerprint density at radius 3 is 1.36 bits per heavy atom. The summed E-state index contributed by atoms with van der Waals surface area (Å²) in [7, 11) is 0. The van der Waals surface area contributed by atoms with Crippen LogP contribution in [0.4, 0.5) is 13.2 Å². The maximum atomic E-state index is 14.4. The molecule has 0 bridgehead atoms. The van der Waals surface area contributed by atoms with Gasteiger partial charge in [-0.2, -0.15) is 18.4 Å². The van der Waals surface area contributed by atoms with Crippen molar-refractivity contribution in [3.05, 3.63) is 253 Å². The summed E-state index contributed by atoms with van der Waals surface area (Å²) in [5.74, 6) is 0. The fraction of sp³-hybridized carbons (Fsp3) is 0.0290. The Bertz CT molecular complexity index is 4990. The number of aromatic nitrogens is 4. The molecule has 0 saturated heterocycles. The largest absolute Gasteiger partial charge is 0.416 e. The molecule has 0 N–H and O–H groups in total. The summed E-state index contributed by atoms with van der Waals surface area (Å²) in [5.41, 5.74) is 15.2. The van der Waals surface area contributed by atoms with Gasteiger partial charge in [-0.25, -0.2) is 0 Å². The highest BCUT2D eigenvalue weighted by atomic mass is 19.4. The van der Waals surface area contributed by atoms with E-state index in [1.54, 1.807) is 13.0 Å². The highest BCUT2D eigenvalue weighted by Gasteiger charge is 2.31. The van der Waals surface area contributed by atoms with Gasteiger partial charge in [0.05, 0.1) is 67.0 Å². The van der Waals surface area contributed by atoms with E-state index in [-0.39, 0.29) is 0 Å². The lowest BCUT2D eigenvalue weighted by atomic mass is 9.89. The number of halogens is 3. The van der Waals surface area contributed by atoms with Crippen molar-refractivity contribution in [2.45, 2.75) is 13.1 Å². The average Bonchev–Trinajstić information content (AvgIpc) is 4.28. The van der Waals surface area contributed by atoms with E-state index in [2.05, 4.69) is 206 Å². The molecule has 0 atom stereocenters. The molecule has 4 aromatic heterocycles. The number of fused-ring (bicyclic) bond motifs is 14. The van der Waals surface area contributed by atoms with Crippen LogP contribution >= 0.6 is 0 Å². The molecular formula is C69H42F3N5. The van der Waals surface area contributed by atoms with Crippen LogP contribution in [0.25, 0.3) is 132 Å². The predicted molar refractivity (Wildman–Crippen MR) is 309 cm³/mol. The zero-order valence-electron chi connectivity index (χ0n) is 41.4. The highest BCUT2D eigenvalue weighted by molar-refractivity contribution is 6.28. The molecular weight excluding hydrogens is 956 g/mol. The number of para-hydroxylation sites is 6. The molecule has 0 aliphatic rings. The summed E-state index contributed by atoms with van der Waals surface area (Å²) >= 11 is 0. The van der Waals surface area contributed by atoms with Crippen LogP contribution in [0, 0.1) is 18.3 Å². The molecule has 0 radical (unpaired) electrons. The van der Waals surface area contributed by atoms with Gasteiger partial charge in [0.2, 0.25) is 0 Å². The normalized spacial score (nSPS) is 12.1. The van der Waals surface area contributed by atoms with E-state index >= 15 is 0 Å². The molecule has 0 saturated carbocycles. The van der Waals surface area contributed by atoms with Crippen LogP contribution in [0.3, 0.4) is 0 Å². The van der Waals surface area contributed by atoms with Crippen LogP contribution in [0.5, 0.6) is 0 Å². The highest BCUT2D eigenvalue weighted by Crippen LogP contribution is 2.48. The zero-order chi connectivity index (χ0) is 51.7. The first-order valence-electron chi connectivity index (χ1n) is 25.6. The van der Waals surface area contributed by atoms with Crippen LogP contribution in [0.1, 0.15) is 16.7 Å². The first-order chi connectivity index (χ1) is 37.7. The molecule has 11 aromatic carbocycles. The summed E-state index contributed by atoms with van der Waals surface area (Å²) in [5, 5.41) is 19.6. The summed E-state index contributed by atoms with van der Waals surface area (Å²) in [4.78, 5) is 0. The van der Waals surface area contributed by atoms with Gasteiger partial charge in [0.25, 0.3) is 0 Å². The second-order valence-electron chi connectivity index (χ2n) is 19.9. The van der Waals surface area contributed by atoms with Crippen molar-refractivity contribution in [2.75, 3.05) is 0 Å². The minimum Gasteiger partial charge on any atom is -0.309 e. The number of hydrogen-bond donors (Lipinski definition) is 0. The summed E-state index contributed by atoms with van der Waals surface area (Å²) in [6, 6.07) is 82.3. The van der Waals surface area contributed by atoms with Crippen LogP contribution in [0.2, 0.25) is 0 Å². The van der Waals surface area contributed by atoms with Gasteiger partial charge in [-0.15, -0.1) is 0 Å². The van der Waals surface area contributed by atoms with Gasteiger partial charge in [0.1, 0.15) is 0 Å². The Labute approximate surface area is 439 Å². The first kappa shape index (κ1) is 44.4. The topological polar surface area (TPSA) is 43.5 Å². The van der Waals surface area contributed by atoms with Crippen LogP contribution < -0.4 is 0 Å². The van der Waals surface area contributed by atoms with Crippen molar-refractivity contribution in [1.29, 1.82) is 5.26 Å². The van der Waals surface area contributed by atoms with Crippen molar-refractivity contribution in [3.8, 4) is 51.1 Å². The van der Waals surface area contributed by atoms with Gasteiger partial charge in [-0.3, -0.25) is 0 Å². The minimum absolute atomic E-state index is 0.449. The standard InChI is InChI=1S/C69H42F3N5/c1-42-38-44(69(70,71)72)29-31-48(42)49-32-30-47(74-60-26-14-10-22-54(60)65-63(74)36-33-52-50-20-8-12-24-58(50)75(67(52)65)45-16-4-2-5-17-45)40-56(49)57-39-43(41-73)28-35-62(57)77-61-27-15-11-23-55(61)66-64(77)37-34-53-51-21-9-13-25-59(51)76(68(53)66)46-18-6-3-7-19-46/h2-40H,1H3. The van der Waals surface area contributed by atoms with Gasteiger partial charge < -0.3 is 18.3 Å². The second kappa shape index (κ2) is 16.7. The maximum Gasteiger partial charge on any atom is 0.416 e. The van der Waals surface area contributed by atoms with Crippen molar-refractivity contribution in [1.82, 2.24) is 18.3 Å². The van der Waals surface area contributed by atoms with Gasteiger partial charge in [0, 0.05) is 65.7 Å². The van der Waals surface area contributed by atoms with E-state index in [1.807, 2.05) is 36.4 Å². The summed E-state index contributed by atoms with van der Waals surface area (Å²) in [6.45, 7) is 1.74. The van der Waals surface area contributed by atoms with Crippen LogP contribution in [0.15, 0.2) is 237 Å². The lowest BCUT2D eigenvalue weighted by molar-refractivity contribution is -0.137. The molecule has 0 spiro atoms. The molecule has 5 nitrogen and oxygen atoms in total. The Morgan fingerprint density at radius 2 is 0.831 bits per heavy atom. The molecule has 15 aromatic rings. The van der Waals surface area contributed by atoms with Gasteiger partial charge in [0.15, 0.2) is 0 Å². The fourth-order valence-electron chi connectivity index (χ4n) is 12.5. The third kappa shape index (κ3) is 6.54. The van der Waals surface area contributed by atoms with Gasteiger partial charge in [-0.05, 0) is 132 Å². The molecule has 0 amide bonds. The summed E-state index contributed by atoms with van der Waals surface area (Å²) < 4.78 is 52.5. The Morgan fingerprint density at radius 1 is 0.351 bits per heavy atom. The molecule has 0 aliphatic carbocycles. The third-order valence-electron chi connectivity index (χ3n) is 15.7. The lowest BCUT2D eigenvalue weighted by Gasteiger charge is -2.20. The van der Waals surface area contributed by atoms with Crippen molar-refractivity contribution in [2.24, 2.45) is 0 Å². The number of nitrogens with zero attached hydrogens (tertiary/aromatic N) is 5. The monoisotopic (exact) mass is 997 g/mol.